The first kappa shape index (κ1) is 17.8. The van der Waals surface area contributed by atoms with Gasteiger partial charge in [-0.3, -0.25) is 0 Å². The monoisotopic (exact) mass is 397 g/mol. The second kappa shape index (κ2) is 7.94. The summed E-state index contributed by atoms with van der Waals surface area (Å²) in [5.41, 5.74) is 2.92. The lowest BCUT2D eigenvalue weighted by molar-refractivity contribution is 0.317. The minimum absolute atomic E-state index is 0.734. The van der Waals surface area contributed by atoms with Gasteiger partial charge in [0.05, 0.1) is 29.6 Å². The van der Waals surface area contributed by atoms with E-state index in [1.807, 2.05) is 47.8 Å². The van der Waals surface area contributed by atoms with Crippen LogP contribution in [0.1, 0.15) is 13.3 Å². The predicted molar refractivity (Wildman–Crippen MR) is 113 cm³/mol. The highest BCUT2D eigenvalue weighted by molar-refractivity contribution is 7.22. The average Bonchev–Trinajstić information content (AvgIpc) is 3.32. The van der Waals surface area contributed by atoms with Crippen molar-refractivity contribution in [2.75, 3.05) is 19.0 Å². The second-order valence-electron chi connectivity index (χ2n) is 5.89. The number of nitrogens with one attached hydrogen (secondary N) is 1. The third-order valence-corrected chi connectivity index (χ3v) is 5.65. The molecule has 2 heterocycles. The number of ether oxygens (including phenoxy) is 2. The normalized spacial score (nSPS) is 10.9. The molecule has 0 spiro atoms. The number of thiazole rings is 2. The van der Waals surface area contributed by atoms with Gasteiger partial charge < -0.3 is 14.8 Å². The fraction of sp³-hybridized carbons (Fsp3) is 0.200. The van der Waals surface area contributed by atoms with Crippen molar-refractivity contribution in [2.45, 2.75) is 13.3 Å². The number of hydrogen-bond donors (Lipinski definition) is 1. The Morgan fingerprint density at radius 2 is 1.81 bits per heavy atom. The molecule has 0 aliphatic rings. The largest absolute Gasteiger partial charge is 0.497 e. The van der Waals surface area contributed by atoms with E-state index in [2.05, 4.69) is 22.2 Å². The molecule has 0 bridgehead atoms. The van der Waals surface area contributed by atoms with Crippen LogP contribution in [0, 0.1) is 0 Å². The molecule has 0 amide bonds. The summed E-state index contributed by atoms with van der Waals surface area (Å²) < 4.78 is 12.0. The summed E-state index contributed by atoms with van der Waals surface area (Å²) in [4.78, 5) is 9.30. The van der Waals surface area contributed by atoms with Crippen LogP contribution >= 0.6 is 22.7 Å². The first-order valence-corrected chi connectivity index (χ1v) is 10.3. The van der Waals surface area contributed by atoms with E-state index in [1.165, 1.54) is 0 Å². The Balaban J connectivity index is 1.49. The Kier molecular flexibility index (Phi) is 5.22. The molecule has 5 nitrogen and oxygen atoms in total. The SMILES string of the molecule is CCCOc1ccc(-c2csc(Nc3nc4cc(OC)ccc4s3)n2)cc1. The molecule has 4 aromatic rings. The molecular weight excluding hydrogens is 378 g/mol. The molecule has 27 heavy (non-hydrogen) atoms. The van der Waals surface area contributed by atoms with E-state index in [1.54, 1.807) is 29.8 Å². The van der Waals surface area contributed by atoms with Crippen LogP contribution in [0.2, 0.25) is 0 Å². The molecule has 0 saturated carbocycles. The van der Waals surface area contributed by atoms with Crippen molar-refractivity contribution in [1.29, 1.82) is 0 Å². The number of hydrogen-bond acceptors (Lipinski definition) is 7. The zero-order chi connectivity index (χ0) is 18.6. The van der Waals surface area contributed by atoms with Gasteiger partial charge >= 0.3 is 0 Å². The van der Waals surface area contributed by atoms with E-state index in [0.717, 1.165) is 56.3 Å². The van der Waals surface area contributed by atoms with Crippen LogP contribution in [-0.2, 0) is 0 Å². The van der Waals surface area contributed by atoms with Crippen molar-refractivity contribution in [1.82, 2.24) is 9.97 Å². The highest BCUT2D eigenvalue weighted by Gasteiger charge is 2.09. The fourth-order valence-corrected chi connectivity index (χ4v) is 4.21. The van der Waals surface area contributed by atoms with Crippen LogP contribution in [0.15, 0.2) is 47.8 Å². The van der Waals surface area contributed by atoms with Crippen LogP contribution < -0.4 is 14.8 Å². The highest BCUT2D eigenvalue weighted by Crippen LogP contribution is 2.33. The number of methoxy groups -OCH3 is 1. The number of anilines is 2. The van der Waals surface area contributed by atoms with Crippen LogP contribution in [-0.4, -0.2) is 23.7 Å². The van der Waals surface area contributed by atoms with Crippen LogP contribution in [0.4, 0.5) is 10.3 Å². The van der Waals surface area contributed by atoms with Gasteiger partial charge in [0.1, 0.15) is 11.5 Å². The Morgan fingerprint density at radius 3 is 2.59 bits per heavy atom. The van der Waals surface area contributed by atoms with Gasteiger partial charge in [0, 0.05) is 17.0 Å². The molecule has 2 aromatic heterocycles. The quantitative estimate of drug-likeness (QED) is 0.417. The van der Waals surface area contributed by atoms with E-state index >= 15 is 0 Å². The molecule has 0 atom stereocenters. The molecule has 138 valence electrons. The number of rotatable bonds is 7. The summed E-state index contributed by atoms with van der Waals surface area (Å²) in [6.45, 7) is 2.83. The van der Waals surface area contributed by atoms with E-state index in [9.17, 15) is 0 Å². The fourth-order valence-electron chi connectivity index (χ4n) is 2.58. The number of benzene rings is 2. The average molecular weight is 398 g/mol. The second-order valence-corrected chi connectivity index (χ2v) is 7.78. The summed E-state index contributed by atoms with van der Waals surface area (Å²) in [7, 11) is 1.66. The molecule has 0 aliphatic heterocycles. The molecule has 0 aliphatic carbocycles. The molecule has 0 saturated heterocycles. The van der Waals surface area contributed by atoms with Crippen molar-refractivity contribution in [2.24, 2.45) is 0 Å². The highest BCUT2D eigenvalue weighted by atomic mass is 32.1. The van der Waals surface area contributed by atoms with Gasteiger partial charge in [0.25, 0.3) is 0 Å². The summed E-state index contributed by atoms with van der Waals surface area (Å²) in [6.07, 6.45) is 1.00. The minimum atomic E-state index is 0.734. The number of aromatic nitrogens is 2. The van der Waals surface area contributed by atoms with E-state index in [4.69, 9.17) is 9.47 Å². The van der Waals surface area contributed by atoms with Crippen molar-refractivity contribution in [3.8, 4) is 22.8 Å². The van der Waals surface area contributed by atoms with Gasteiger partial charge in [-0.05, 0) is 42.8 Å². The maximum Gasteiger partial charge on any atom is 0.190 e. The van der Waals surface area contributed by atoms with Crippen molar-refractivity contribution in [3.05, 3.63) is 47.8 Å². The Bertz CT molecular complexity index is 1040. The van der Waals surface area contributed by atoms with Crippen molar-refractivity contribution in [3.63, 3.8) is 0 Å². The minimum Gasteiger partial charge on any atom is -0.497 e. The van der Waals surface area contributed by atoms with Crippen molar-refractivity contribution < 1.29 is 9.47 Å². The maximum atomic E-state index is 5.63. The van der Waals surface area contributed by atoms with E-state index in [-0.39, 0.29) is 0 Å². The van der Waals surface area contributed by atoms with Gasteiger partial charge in [-0.1, -0.05) is 18.3 Å². The predicted octanol–water partition coefficient (Wildman–Crippen LogP) is 5.96. The summed E-state index contributed by atoms with van der Waals surface area (Å²) in [5, 5.41) is 7.00. The van der Waals surface area contributed by atoms with E-state index in [0.29, 0.717) is 0 Å². The van der Waals surface area contributed by atoms with Gasteiger partial charge in [0.15, 0.2) is 10.3 Å². The van der Waals surface area contributed by atoms with Gasteiger partial charge in [0.2, 0.25) is 0 Å². The Labute approximate surface area is 165 Å². The Morgan fingerprint density at radius 1 is 1.00 bits per heavy atom. The van der Waals surface area contributed by atoms with E-state index < -0.39 is 0 Å². The lowest BCUT2D eigenvalue weighted by atomic mass is 10.2. The molecular formula is C20H19N3O2S2. The molecule has 2 aromatic carbocycles. The molecule has 7 heteroatoms. The molecule has 0 radical (unpaired) electrons. The third-order valence-electron chi connectivity index (χ3n) is 3.94. The van der Waals surface area contributed by atoms with Crippen LogP contribution in [0.3, 0.4) is 0 Å². The zero-order valence-electron chi connectivity index (χ0n) is 15.1. The number of fused-ring (bicyclic) bond motifs is 1. The summed E-state index contributed by atoms with van der Waals surface area (Å²) >= 11 is 3.16. The maximum absolute atomic E-state index is 5.63. The van der Waals surface area contributed by atoms with Crippen molar-refractivity contribution >= 4 is 43.2 Å². The first-order chi connectivity index (χ1) is 13.2. The zero-order valence-corrected chi connectivity index (χ0v) is 16.7. The smallest absolute Gasteiger partial charge is 0.190 e. The molecule has 1 N–H and O–H groups in total. The summed E-state index contributed by atoms with van der Waals surface area (Å²) in [5.74, 6) is 1.70. The summed E-state index contributed by atoms with van der Waals surface area (Å²) in [6, 6.07) is 13.9. The third kappa shape index (κ3) is 4.04. The first-order valence-electron chi connectivity index (χ1n) is 8.65. The van der Waals surface area contributed by atoms with Crippen LogP contribution in [0.25, 0.3) is 21.5 Å². The molecule has 0 unspecified atom stereocenters. The topological polar surface area (TPSA) is 56.3 Å². The number of nitrogens with zero attached hydrogens (tertiary/aromatic N) is 2. The van der Waals surface area contributed by atoms with Gasteiger partial charge in [-0.25, -0.2) is 9.97 Å². The van der Waals surface area contributed by atoms with Crippen LogP contribution in [0.5, 0.6) is 11.5 Å². The molecule has 4 rings (SSSR count). The Hall–Kier alpha value is -2.64. The lowest BCUT2D eigenvalue weighted by Crippen LogP contribution is -1.94. The lowest BCUT2D eigenvalue weighted by Gasteiger charge is -2.04. The standard InChI is InChI=1S/C20H19N3O2S2/c1-3-10-25-14-6-4-13(5-7-14)17-12-26-19(22-17)23-20-21-16-11-15(24-2)8-9-18(16)27-20/h4-9,11-12H,3,10H2,1-2H3,(H,21,22,23). The van der Waals surface area contributed by atoms with Gasteiger partial charge in [-0.15, -0.1) is 11.3 Å². The van der Waals surface area contributed by atoms with Gasteiger partial charge in [-0.2, -0.15) is 0 Å². The molecule has 0 fully saturated rings.